The molecule has 0 aliphatic heterocycles. The number of aromatic nitrogens is 1. The van der Waals surface area contributed by atoms with E-state index in [0.29, 0.717) is 0 Å². The van der Waals surface area contributed by atoms with E-state index in [0.717, 1.165) is 27.0 Å². The van der Waals surface area contributed by atoms with Crippen LogP contribution in [0.2, 0.25) is 5.02 Å². The molecule has 0 spiro atoms. The van der Waals surface area contributed by atoms with Crippen molar-refractivity contribution in [2.75, 3.05) is 12.4 Å². The van der Waals surface area contributed by atoms with Crippen molar-refractivity contribution in [3.05, 3.63) is 58.9 Å². The maximum Gasteiger partial charge on any atom is 0.182 e. The number of halogens is 1. The zero-order valence-electron chi connectivity index (χ0n) is 10.9. The quantitative estimate of drug-likeness (QED) is 0.721. The lowest BCUT2D eigenvalue weighted by Gasteiger charge is -2.06. The molecular formula is C16H13ClN2S. The van der Waals surface area contributed by atoms with Gasteiger partial charge >= 0.3 is 0 Å². The minimum absolute atomic E-state index is 0.720. The molecule has 1 N–H and O–H groups in total. The van der Waals surface area contributed by atoms with Gasteiger partial charge in [-0.05, 0) is 23.3 Å². The lowest BCUT2D eigenvalue weighted by atomic mass is 10.0. The van der Waals surface area contributed by atoms with Gasteiger partial charge in [0, 0.05) is 18.0 Å². The van der Waals surface area contributed by atoms with Crippen molar-refractivity contribution < 1.29 is 0 Å². The number of hydrogen-bond acceptors (Lipinski definition) is 3. The molecule has 3 rings (SSSR count). The third kappa shape index (κ3) is 2.55. The fourth-order valence-electron chi connectivity index (χ4n) is 2.04. The van der Waals surface area contributed by atoms with E-state index in [4.69, 9.17) is 11.6 Å². The Kier molecular flexibility index (Phi) is 3.72. The summed E-state index contributed by atoms with van der Waals surface area (Å²) in [5, 5.41) is 6.67. The Morgan fingerprint density at radius 3 is 2.55 bits per heavy atom. The van der Waals surface area contributed by atoms with Crippen LogP contribution in [-0.2, 0) is 0 Å². The monoisotopic (exact) mass is 300 g/mol. The molecule has 1 aromatic heterocycles. The van der Waals surface area contributed by atoms with Gasteiger partial charge in [-0.3, -0.25) is 0 Å². The Morgan fingerprint density at radius 2 is 1.85 bits per heavy atom. The fourth-order valence-corrected chi connectivity index (χ4v) is 2.93. The van der Waals surface area contributed by atoms with Gasteiger partial charge in [-0.2, -0.15) is 0 Å². The highest BCUT2D eigenvalue weighted by Crippen LogP contribution is 2.33. The van der Waals surface area contributed by atoms with Crippen molar-refractivity contribution in [2.24, 2.45) is 0 Å². The Morgan fingerprint density at radius 1 is 1.05 bits per heavy atom. The number of hydrogen-bond donors (Lipinski definition) is 1. The van der Waals surface area contributed by atoms with Crippen LogP contribution in [0.5, 0.6) is 0 Å². The minimum atomic E-state index is 0.720. The first kappa shape index (κ1) is 13.2. The predicted molar refractivity (Wildman–Crippen MR) is 87.5 cm³/mol. The van der Waals surface area contributed by atoms with Crippen LogP contribution in [0.25, 0.3) is 22.4 Å². The van der Waals surface area contributed by atoms with Gasteiger partial charge in [0.05, 0.1) is 10.7 Å². The van der Waals surface area contributed by atoms with E-state index in [-0.39, 0.29) is 0 Å². The SMILES string of the molecule is CNc1nc(-c2cc(-c3ccccc3)ccc2Cl)cs1. The van der Waals surface area contributed by atoms with E-state index >= 15 is 0 Å². The van der Waals surface area contributed by atoms with Gasteiger partial charge in [0.1, 0.15) is 0 Å². The average Bonchev–Trinajstić information content (AvgIpc) is 2.97. The standard InChI is InChI=1S/C16H13ClN2S/c1-18-16-19-15(10-20-16)13-9-12(7-8-14(13)17)11-5-3-2-4-6-11/h2-10H,1H3,(H,18,19). The van der Waals surface area contributed by atoms with Crippen LogP contribution in [0.15, 0.2) is 53.9 Å². The highest BCUT2D eigenvalue weighted by atomic mass is 35.5. The first-order valence-corrected chi connectivity index (χ1v) is 7.52. The summed E-state index contributed by atoms with van der Waals surface area (Å²) in [4.78, 5) is 4.52. The molecule has 0 amide bonds. The summed E-state index contributed by atoms with van der Waals surface area (Å²) in [6, 6.07) is 16.3. The van der Waals surface area contributed by atoms with E-state index in [1.165, 1.54) is 5.56 Å². The number of nitrogens with one attached hydrogen (secondary N) is 1. The third-order valence-electron chi connectivity index (χ3n) is 3.07. The first-order chi connectivity index (χ1) is 9.78. The minimum Gasteiger partial charge on any atom is -0.365 e. The maximum atomic E-state index is 6.31. The molecule has 3 aromatic rings. The molecule has 0 unspecified atom stereocenters. The van der Waals surface area contributed by atoms with Crippen LogP contribution in [-0.4, -0.2) is 12.0 Å². The van der Waals surface area contributed by atoms with Crippen molar-refractivity contribution in [3.63, 3.8) is 0 Å². The molecule has 0 bridgehead atoms. The predicted octanol–water partition coefficient (Wildman–Crippen LogP) is 5.17. The van der Waals surface area contributed by atoms with Crippen molar-refractivity contribution in [1.82, 2.24) is 4.98 Å². The van der Waals surface area contributed by atoms with Crippen LogP contribution in [0.3, 0.4) is 0 Å². The van der Waals surface area contributed by atoms with Crippen LogP contribution >= 0.6 is 22.9 Å². The van der Waals surface area contributed by atoms with E-state index in [1.807, 2.05) is 42.8 Å². The smallest absolute Gasteiger partial charge is 0.182 e. The van der Waals surface area contributed by atoms with E-state index in [9.17, 15) is 0 Å². The number of benzene rings is 2. The second-order valence-electron chi connectivity index (χ2n) is 4.35. The van der Waals surface area contributed by atoms with Gasteiger partial charge in [0.2, 0.25) is 0 Å². The van der Waals surface area contributed by atoms with Crippen molar-refractivity contribution in [3.8, 4) is 22.4 Å². The number of nitrogens with zero attached hydrogens (tertiary/aromatic N) is 1. The Labute approximate surface area is 127 Å². The van der Waals surface area contributed by atoms with E-state index < -0.39 is 0 Å². The maximum absolute atomic E-state index is 6.31. The zero-order valence-corrected chi connectivity index (χ0v) is 12.5. The highest BCUT2D eigenvalue weighted by Gasteiger charge is 2.09. The van der Waals surface area contributed by atoms with Gasteiger partial charge in [0.15, 0.2) is 5.13 Å². The van der Waals surface area contributed by atoms with E-state index in [1.54, 1.807) is 11.3 Å². The summed E-state index contributed by atoms with van der Waals surface area (Å²) >= 11 is 7.89. The normalized spacial score (nSPS) is 10.5. The third-order valence-corrected chi connectivity index (χ3v) is 4.26. The topological polar surface area (TPSA) is 24.9 Å². The second-order valence-corrected chi connectivity index (χ2v) is 5.61. The molecule has 2 aromatic carbocycles. The lowest BCUT2D eigenvalue weighted by molar-refractivity contribution is 1.36. The van der Waals surface area contributed by atoms with Gasteiger partial charge < -0.3 is 5.32 Å². The number of thiazole rings is 1. The molecule has 2 nitrogen and oxygen atoms in total. The van der Waals surface area contributed by atoms with Gasteiger partial charge in [0.25, 0.3) is 0 Å². The van der Waals surface area contributed by atoms with E-state index in [2.05, 4.69) is 28.5 Å². The summed E-state index contributed by atoms with van der Waals surface area (Å²) < 4.78 is 0. The molecule has 0 aliphatic rings. The Bertz CT molecular complexity index is 722. The fraction of sp³-hybridized carbons (Fsp3) is 0.0625. The summed E-state index contributed by atoms with van der Waals surface area (Å²) in [6.07, 6.45) is 0. The van der Waals surface area contributed by atoms with Crippen molar-refractivity contribution in [1.29, 1.82) is 0 Å². The summed E-state index contributed by atoms with van der Waals surface area (Å²) in [7, 11) is 1.87. The highest BCUT2D eigenvalue weighted by molar-refractivity contribution is 7.14. The molecule has 0 aliphatic carbocycles. The zero-order chi connectivity index (χ0) is 13.9. The second kappa shape index (κ2) is 5.65. The molecule has 20 heavy (non-hydrogen) atoms. The summed E-state index contributed by atoms with van der Waals surface area (Å²) in [5.74, 6) is 0. The molecule has 0 fully saturated rings. The van der Waals surface area contributed by atoms with Crippen LogP contribution in [0.1, 0.15) is 0 Å². The van der Waals surface area contributed by atoms with Gasteiger partial charge in [-0.25, -0.2) is 4.98 Å². The summed E-state index contributed by atoms with van der Waals surface area (Å²) in [5.41, 5.74) is 4.19. The van der Waals surface area contributed by atoms with Crippen LogP contribution < -0.4 is 5.32 Å². The largest absolute Gasteiger partial charge is 0.365 e. The summed E-state index contributed by atoms with van der Waals surface area (Å²) in [6.45, 7) is 0. The molecule has 0 saturated heterocycles. The molecule has 100 valence electrons. The van der Waals surface area contributed by atoms with Crippen molar-refractivity contribution >= 4 is 28.1 Å². The molecule has 4 heteroatoms. The first-order valence-electron chi connectivity index (χ1n) is 6.26. The van der Waals surface area contributed by atoms with Gasteiger partial charge in [-0.15, -0.1) is 11.3 Å². The molecular weight excluding hydrogens is 288 g/mol. The Hall–Kier alpha value is -1.84. The molecule has 0 saturated carbocycles. The Balaban J connectivity index is 2.07. The number of rotatable bonds is 3. The molecule has 0 atom stereocenters. The molecule has 0 radical (unpaired) electrons. The lowest BCUT2D eigenvalue weighted by Crippen LogP contribution is -1.87. The number of anilines is 1. The molecule has 1 heterocycles. The van der Waals surface area contributed by atoms with Crippen LogP contribution in [0.4, 0.5) is 5.13 Å². The van der Waals surface area contributed by atoms with Crippen molar-refractivity contribution in [2.45, 2.75) is 0 Å². The van der Waals surface area contributed by atoms with Gasteiger partial charge in [-0.1, -0.05) is 48.0 Å². The average molecular weight is 301 g/mol. The van der Waals surface area contributed by atoms with Crippen LogP contribution in [0, 0.1) is 0 Å².